The number of piperidine rings is 1. The molecule has 0 atom stereocenters. The summed E-state index contributed by atoms with van der Waals surface area (Å²) < 4.78 is 1.91. The fourth-order valence-electron chi connectivity index (χ4n) is 2.50. The zero-order valence-corrected chi connectivity index (χ0v) is 11.5. The Balaban J connectivity index is 1.92. The molecule has 17 heavy (non-hydrogen) atoms. The van der Waals surface area contributed by atoms with Crippen molar-refractivity contribution in [2.75, 3.05) is 20.1 Å². The van der Waals surface area contributed by atoms with Crippen molar-refractivity contribution in [2.24, 2.45) is 7.05 Å². The van der Waals surface area contributed by atoms with E-state index in [1.54, 1.807) is 0 Å². The van der Waals surface area contributed by atoms with Gasteiger partial charge in [-0.25, -0.2) is 0 Å². The predicted molar refractivity (Wildman–Crippen MR) is 69.9 cm³/mol. The van der Waals surface area contributed by atoms with Crippen molar-refractivity contribution in [3.63, 3.8) is 0 Å². The number of aromatic nitrogens is 2. The van der Waals surface area contributed by atoms with Crippen LogP contribution in [0.15, 0.2) is 6.20 Å². The van der Waals surface area contributed by atoms with E-state index in [0.717, 1.165) is 12.2 Å². The van der Waals surface area contributed by atoms with Gasteiger partial charge in [-0.3, -0.25) is 9.58 Å². The summed E-state index contributed by atoms with van der Waals surface area (Å²) in [5.41, 5.74) is 2.86. The Morgan fingerprint density at radius 3 is 2.53 bits per heavy atom. The van der Waals surface area contributed by atoms with Crippen molar-refractivity contribution >= 4 is 0 Å². The van der Waals surface area contributed by atoms with Gasteiger partial charge in [0.2, 0.25) is 0 Å². The highest BCUT2D eigenvalue weighted by Crippen LogP contribution is 2.22. The van der Waals surface area contributed by atoms with Crippen molar-refractivity contribution in [2.45, 2.75) is 38.8 Å². The summed E-state index contributed by atoms with van der Waals surface area (Å²) in [6, 6.07) is 0. The second-order valence-corrected chi connectivity index (χ2v) is 5.50. The number of rotatable bonds is 3. The van der Waals surface area contributed by atoms with Gasteiger partial charge in [-0.05, 0) is 33.7 Å². The van der Waals surface area contributed by atoms with Crippen LogP contribution < -0.4 is 5.32 Å². The standard InChI is InChI=1S/C13H24N4/c1-11-12(9-16(4)15-11)10-17-7-5-13(2,14-3)6-8-17/h9,14H,5-8,10H2,1-4H3. The van der Waals surface area contributed by atoms with Gasteiger partial charge < -0.3 is 5.32 Å². The molecule has 4 heteroatoms. The Labute approximate surface area is 104 Å². The molecule has 0 unspecified atom stereocenters. The molecule has 1 fully saturated rings. The first-order valence-corrected chi connectivity index (χ1v) is 6.43. The first-order valence-electron chi connectivity index (χ1n) is 6.43. The number of likely N-dealkylation sites (tertiary alicyclic amines) is 1. The minimum atomic E-state index is 0.334. The van der Waals surface area contributed by atoms with E-state index >= 15 is 0 Å². The van der Waals surface area contributed by atoms with E-state index in [1.807, 2.05) is 11.7 Å². The average molecular weight is 236 g/mol. The van der Waals surface area contributed by atoms with Gasteiger partial charge in [0.05, 0.1) is 5.69 Å². The van der Waals surface area contributed by atoms with Crippen LogP contribution in [-0.2, 0) is 13.6 Å². The van der Waals surface area contributed by atoms with E-state index in [2.05, 4.69) is 42.4 Å². The van der Waals surface area contributed by atoms with Crippen LogP contribution in [0.5, 0.6) is 0 Å². The molecule has 0 spiro atoms. The molecule has 0 amide bonds. The lowest BCUT2D eigenvalue weighted by Crippen LogP contribution is -2.49. The highest BCUT2D eigenvalue weighted by molar-refractivity contribution is 5.15. The molecular formula is C13H24N4. The maximum atomic E-state index is 4.40. The summed E-state index contributed by atoms with van der Waals surface area (Å²) in [7, 11) is 4.06. The summed E-state index contributed by atoms with van der Waals surface area (Å²) >= 11 is 0. The average Bonchev–Trinajstić information content (AvgIpc) is 2.61. The highest BCUT2D eigenvalue weighted by atomic mass is 15.3. The summed E-state index contributed by atoms with van der Waals surface area (Å²) in [5.74, 6) is 0. The molecule has 0 radical (unpaired) electrons. The van der Waals surface area contributed by atoms with Gasteiger partial charge in [0.25, 0.3) is 0 Å². The molecule has 1 aliphatic rings. The van der Waals surface area contributed by atoms with Gasteiger partial charge in [-0.1, -0.05) is 0 Å². The third-order valence-corrected chi connectivity index (χ3v) is 4.07. The van der Waals surface area contributed by atoms with Crippen LogP contribution in [0.2, 0.25) is 0 Å². The van der Waals surface area contributed by atoms with Gasteiger partial charge in [0, 0.05) is 44.0 Å². The van der Waals surface area contributed by atoms with Gasteiger partial charge in [-0.15, -0.1) is 0 Å². The SMILES string of the molecule is CNC1(C)CCN(Cc2cn(C)nc2C)CC1. The monoisotopic (exact) mass is 236 g/mol. The first kappa shape index (κ1) is 12.6. The summed E-state index contributed by atoms with van der Waals surface area (Å²) in [6.45, 7) is 7.80. The Bertz CT molecular complexity index is 375. The van der Waals surface area contributed by atoms with Crippen LogP contribution in [0.3, 0.4) is 0 Å². The zero-order chi connectivity index (χ0) is 12.5. The number of nitrogens with zero attached hydrogens (tertiary/aromatic N) is 3. The van der Waals surface area contributed by atoms with Crippen molar-refractivity contribution < 1.29 is 0 Å². The molecule has 1 aromatic heterocycles. The number of nitrogens with one attached hydrogen (secondary N) is 1. The fraction of sp³-hybridized carbons (Fsp3) is 0.769. The predicted octanol–water partition coefficient (Wildman–Crippen LogP) is 1.30. The molecule has 0 aromatic carbocycles. The molecule has 2 heterocycles. The molecule has 2 rings (SSSR count). The first-order chi connectivity index (χ1) is 8.02. The largest absolute Gasteiger partial charge is 0.314 e. The van der Waals surface area contributed by atoms with Crippen molar-refractivity contribution in [1.29, 1.82) is 0 Å². The summed E-state index contributed by atoms with van der Waals surface area (Å²) in [6.07, 6.45) is 4.59. The molecular weight excluding hydrogens is 212 g/mol. The second kappa shape index (κ2) is 4.78. The third kappa shape index (κ3) is 2.87. The van der Waals surface area contributed by atoms with Crippen molar-refractivity contribution in [3.05, 3.63) is 17.5 Å². The maximum Gasteiger partial charge on any atom is 0.0638 e. The van der Waals surface area contributed by atoms with E-state index in [4.69, 9.17) is 0 Å². The van der Waals surface area contributed by atoms with Crippen LogP contribution in [0.1, 0.15) is 31.0 Å². The van der Waals surface area contributed by atoms with Gasteiger partial charge >= 0.3 is 0 Å². The smallest absolute Gasteiger partial charge is 0.0638 e. The van der Waals surface area contributed by atoms with Crippen LogP contribution >= 0.6 is 0 Å². The minimum Gasteiger partial charge on any atom is -0.314 e. The topological polar surface area (TPSA) is 33.1 Å². The number of aryl methyl sites for hydroxylation is 2. The van der Waals surface area contributed by atoms with E-state index < -0.39 is 0 Å². The Morgan fingerprint density at radius 1 is 1.41 bits per heavy atom. The molecule has 96 valence electrons. The van der Waals surface area contributed by atoms with E-state index in [-0.39, 0.29) is 0 Å². The number of hydrogen-bond acceptors (Lipinski definition) is 3. The molecule has 0 saturated carbocycles. The Hall–Kier alpha value is -0.870. The molecule has 4 nitrogen and oxygen atoms in total. The van der Waals surface area contributed by atoms with Crippen LogP contribution in [0.4, 0.5) is 0 Å². The molecule has 0 aliphatic carbocycles. The summed E-state index contributed by atoms with van der Waals surface area (Å²) in [4.78, 5) is 2.53. The van der Waals surface area contributed by atoms with Gasteiger partial charge in [-0.2, -0.15) is 5.10 Å². The lowest BCUT2D eigenvalue weighted by molar-refractivity contribution is 0.146. The quantitative estimate of drug-likeness (QED) is 0.859. The Morgan fingerprint density at radius 2 is 2.06 bits per heavy atom. The van der Waals surface area contributed by atoms with Gasteiger partial charge in [0.15, 0.2) is 0 Å². The van der Waals surface area contributed by atoms with E-state index in [1.165, 1.54) is 31.5 Å². The van der Waals surface area contributed by atoms with E-state index in [9.17, 15) is 0 Å². The summed E-state index contributed by atoms with van der Waals surface area (Å²) in [5, 5.41) is 7.84. The van der Waals surface area contributed by atoms with Gasteiger partial charge in [0.1, 0.15) is 0 Å². The molecule has 1 N–H and O–H groups in total. The lowest BCUT2D eigenvalue weighted by Gasteiger charge is -2.39. The zero-order valence-electron chi connectivity index (χ0n) is 11.5. The van der Waals surface area contributed by atoms with E-state index in [0.29, 0.717) is 5.54 Å². The normalized spacial score (nSPS) is 20.7. The van der Waals surface area contributed by atoms with Crippen LogP contribution in [-0.4, -0.2) is 40.4 Å². The lowest BCUT2D eigenvalue weighted by atomic mass is 9.90. The highest BCUT2D eigenvalue weighted by Gasteiger charge is 2.28. The van der Waals surface area contributed by atoms with Crippen LogP contribution in [0.25, 0.3) is 0 Å². The fourth-order valence-corrected chi connectivity index (χ4v) is 2.50. The second-order valence-electron chi connectivity index (χ2n) is 5.50. The minimum absolute atomic E-state index is 0.334. The molecule has 1 aliphatic heterocycles. The molecule has 0 bridgehead atoms. The van der Waals surface area contributed by atoms with Crippen LogP contribution in [0, 0.1) is 6.92 Å². The van der Waals surface area contributed by atoms with Crippen molar-refractivity contribution in [1.82, 2.24) is 20.0 Å². The Kier molecular flexibility index (Phi) is 3.54. The maximum absolute atomic E-state index is 4.40. The molecule has 1 saturated heterocycles. The molecule has 1 aromatic rings. The van der Waals surface area contributed by atoms with Crippen molar-refractivity contribution in [3.8, 4) is 0 Å². The number of hydrogen-bond donors (Lipinski definition) is 1. The third-order valence-electron chi connectivity index (χ3n) is 4.07.